The van der Waals surface area contributed by atoms with Crippen LogP contribution >= 0.6 is 0 Å². The van der Waals surface area contributed by atoms with E-state index in [2.05, 4.69) is 5.32 Å². The van der Waals surface area contributed by atoms with Gasteiger partial charge in [0.15, 0.2) is 0 Å². The molecule has 1 atom stereocenters. The Labute approximate surface area is 115 Å². The van der Waals surface area contributed by atoms with Crippen LogP contribution in [0, 0.1) is 0 Å². The molecule has 2 heterocycles. The van der Waals surface area contributed by atoms with Crippen LogP contribution in [0.2, 0.25) is 0 Å². The predicted octanol–water partition coefficient (Wildman–Crippen LogP) is 0.0377. The normalized spacial score (nSPS) is 21.8. The van der Waals surface area contributed by atoms with Crippen LogP contribution in [-0.2, 0) is 14.4 Å². The number of benzene rings is 1. The summed E-state index contributed by atoms with van der Waals surface area (Å²) in [7, 11) is 0. The number of piperazine rings is 1. The predicted molar refractivity (Wildman–Crippen MR) is 69.0 cm³/mol. The van der Waals surface area contributed by atoms with E-state index in [1.165, 1.54) is 4.90 Å². The Bertz CT molecular complexity index is 568. The van der Waals surface area contributed by atoms with Crippen LogP contribution in [0.4, 0.5) is 0 Å². The molecule has 0 radical (unpaired) electrons. The summed E-state index contributed by atoms with van der Waals surface area (Å²) in [4.78, 5) is 36.6. The number of hydrogen-bond acceptors (Lipinski definition) is 4. The second kappa shape index (κ2) is 4.96. The Morgan fingerprint density at radius 3 is 2.65 bits per heavy atom. The topological polar surface area (TPSA) is 75.7 Å². The Kier molecular flexibility index (Phi) is 3.14. The van der Waals surface area contributed by atoms with Gasteiger partial charge in [0.25, 0.3) is 0 Å². The summed E-state index contributed by atoms with van der Waals surface area (Å²) in [6.07, 6.45) is 0.558. The minimum absolute atomic E-state index is 0.0654. The molecule has 3 rings (SSSR count). The van der Waals surface area contributed by atoms with Gasteiger partial charge in [-0.2, -0.15) is 0 Å². The van der Waals surface area contributed by atoms with Crippen LogP contribution in [0.3, 0.4) is 0 Å². The van der Waals surface area contributed by atoms with Gasteiger partial charge in [-0.05, 0) is 12.5 Å². The molecule has 6 nitrogen and oxygen atoms in total. The number of rotatable bonds is 1. The minimum atomic E-state index is -0.435. The second-order valence-corrected chi connectivity index (χ2v) is 4.89. The molecule has 1 fully saturated rings. The van der Waals surface area contributed by atoms with E-state index in [0.717, 1.165) is 5.56 Å². The molecule has 0 saturated carbocycles. The summed E-state index contributed by atoms with van der Waals surface area (Å²) in [5.74, 6) is -0.711. The van der Waals surface area contributed by atoms with Gasteiger partial charge in [-0.3, -0.25) is 19.7 Å². The van der Waals surface area contributed by atoms with Crippen LogP contribution in [0.25, 0.3) is 0 Å². The Morgan fingerprint density at radius 2 is 1.90 bits per heavy atom. The van der Waals surface area contributed by atoms with E-state index in [0.29, 0.717) is 18.8 Å². The smallest absolute Gasteiger partial charge is 0.246 e. The van der Waals surface area contributed by atoms with Gasteiger partial charge in [-0.15, -0.1) is 0 Å². The first-order chi connectivity index (χ1) is 9.65. The summed E-state index contributed by atoms with van der Waals surface area (Å²) in [6.45, 7) is 0.329. The number of carbonyl (C=O) groups is 3. The van der Waals surface area contributed by atoms with E-state index < -0.39 is 11.8 Å². The van der Waals surface area contributed by atoms with E-state index in [1.807, 2.05) is 24.3 Å². The highest BCUT2D eigenvalue weighted by Gasteiger charge is 2.34. The van der Waals surface area contributed by atoms with Crippen molar-refractivity contribution in [3.63, 3.8) is 0 Å². The first-order valence-electron chi connectivity index (χ1n) is 6.48. The van der Waals surface area contributed by atoms with E-state index in [9.17, 15) is 14.4 Å². The lowest BCUT2D eigenvalue weighted by atomic mass is 9.91. The number of ether oxygens (including phenoxy) is 1. The zero-order valence-corrected chi connectivity index (χ0v) is 10.8. The maximum atomic E-state index is 12.5. The highest BCUT2D eigenvalue weighted by atomic mass is 16.5. The van der Waals surface area contributed by atoms with E-state index in [4.69, 9.17) is 4.74 Å². The number of carbonyl (C=O) groups excluding carboxylic acids is 3. The lowest BCUT2D eigenvalue weighted by Crippen LogP contribution is -2.54. The Balaban J connectivity index is 1.85. The van der Waals surface area contributed by atoms with Gasteiger partial charge in [0.05, 0.1) is 12.5 Å². The summed E-state index contributed by atoms with van der Waals surface area (Å²) < 4.78 is 5.52. The van der Waals surface area contributed by atoms with Gasteiger partial charge in [0.1, 0.15) is 18.8 Å². The molecule has 0 bridgehead atoms. The highest BCUT2D eigenvalue weighted by Crippen LogP contribution is 2.34. The summed E-state index contributed by atoms with van der Waals surface area (Å²) >= 11 is 0. The Hall–Kier alpha value is -2.37. The molecule has 104 valence electrons. The molecular formula is C14H14N2O4. The third-order valence-corrected chi connectivity index (χ3v) is 3.52. The molecule has 0 aromatic heterocycles. The molecule has 2 aliphatic rings. The molecule has 1 unspecified atom stereocenters. The van der Waals surface area contributed by atoms with Gasteiger partial charge >= 0.3 is 0 Å². The van der Waals surface area contributed by atoms with Crippen molar-refractivity contribution in [2.24, 2.45) is 0 Å². The van der Waals surface area contributed by atoms with Crippen molar-refractivity contribution in [2.45, 2.75) is 12.3 Å². The van der Waals surface area contributed by atoms with Gasteiger partial charge in [-0.25, -0.2) is 0 Å². The maximum Gasteiger partial charge on any atom is 0.246 e. The number of nitrogens with one attached hydrogen (secondary N) is 1. The fourth-order valence-corrected chi connectivity index (χ4v) is 2.61. The Morgan fingerprint density at radius 1 is 1.20 bits per heavy atom. The molecule has 1 N–H and O–H groups in total. The van der Waals surface area contributed by atoms with Gasteiger partial charge < -0.3 is 9.64 Å². The highest BCUT2D eigenvalue weighted by molar-refractivity contribution is 6.03. The van der Waals surface area contributed by atoms with Crippen LogP contribution in [0.1, 0.15) is 17.9 Å². The minimum Gasteiger partial charge on any atom is -0.493 e. The van der Waals surface area contributed by atoms with E-state index in [1.54, 1.807) is 0 Å². The van der Waals surface area contributed by atoms with E-state index in [-0.39, 0.29) is 24.9 Å². The molecule has 0 spiro atoms. The number of fused-ring (bicyclic) bond motifs is 1. The molecule has 2 aliphatic heterocycles. The molecule has 6 heteroatoms. The maximum absolute atomic E-state index is 12.5. The van der Waals surface area contributed by atoms with Gasteiger partial charge in [-0.1, -0.05) is 18.2 Å². The standard InChI is InChI=1S/C14H14N2O4/c17-12-7-16(8-13(18)15-12)14(19)10-5-6-20-11-4-2-1-3-9(10)11/h1-4,10H,5-8H2,(H,15,17,18). The quantitative estimate of drug-likeness (QED) is 0.734. The number of nitrogens with zero attached hydrogens (tertiary/aromatic N) is 1. The molecule has 3 amide bonds. The van der Waals surface area contributed by atoms with Crippen molar-refractivity contribution in [1.29, 1.82) is 0 Å². The number of hydrogen-bond donors (Lipinski definition) is 1. The van der Waals surface area contributed by atoms with Crippen molar-refractivity contribution in [3.8, 4) is 5.75 Å². The fraction of sp³-hybridized carbons (Fsp3) is 0.357. The molecule has 1 saturated heterocycles. The molecular weight excluding hydrogens is 260 g/mol. The molecule has 1 aromatic rings. The fourth-order valence-electron chi connectivity index (χ4n) is 2.61. The first-order valence-corrected chi connectivity index (χ1v) is 6.48. The van der Waals surface area contributed by atoms with Crippen LogP contribution in [0.5, 0.6) is 5.75 Å². The van der Waals surface area contributed by atoms with Crippen molar-refractivity contribution in [2.75, 3.05) is 19.7 Å². The summed E-state index contributed by atoms with van der Waals surface area (Å²) in [6, 6.07) is 7.37. The third kappa shape index (κ3) is 2.24. The average Bonchev–Trinajstić information content (AvgIpc) is 2.45. The lowest BCUT2D eigenvalue weighted by Gasteiger charge is -2.32. The average molecular weight is 274 g/mol. The zero-order chi connectivity index (χ0) is 14.1. The third-order valence-electron chi connectivity index (χ3n) is 3.52. The van der Waals surface area contributed by atoms with Crippen molar-refractivity contribution < 1.29 is 19.1 Å². The van der Waals surface area contributed by atoms with Gasteiger partial charge in [0.2, 0.25) is 17.7 Å². The number of imide groups is 1. The number of amides is 3. The van der Waals surface area contributed by atoms with Crippen LogP contribution in [0.15, 0.2) is 24.3 Å². The van der Waals surface area contributed by atoms with Crippen molar-refractivity contribution >= 4 is 17.7 Å². The van der Waals surface area contributed by atoms with Crippen LogP contribution in [-0.4, -0.2) is 42.3 Å². The molecule has 1 aromatic carbocycles. The SMILES string of the molecule is O=C1CN(C(=O)C2CCOc3ccccc32)CC(=O)N1. The zero-order valence-electron chi connectivity index (χ0n) is 10.8. The summed E-state index contributed by atoms with van der Waals surface area (Å²) in [5, 5.41) is 2.19. The van der Waals surface area contributed by atoms with E-state index >= 15 is 0 Å². The second-order valence-electron chi connectivity index (χ2n) is 4.89. The van der Waals surface area contributed by atoms with Crippen LogP contribution < -0.4 is 10.1 Å². The monoisotopic (exact) mass is 274 g/mol. The molecule has 0 aliphatic carbocycles. The lowest BCUT2D eigenvalue weighted by molar-refractivity contribution is -0.146. The van der Waals surface area contributed by atoms with Crippen molar-refractivity contribution in [1.82, 2.24) is 10.2 Å². The van der Waals surface area contributed by atoms with Crippen molar-refractivity contribution in [3.05, 3.63) is 29.8 Å². The van der Waals surface area contributed by atoms with Gasteiger partial charge in [0, 0.05) is 5.56 Å². The molecule has 20 heavy (non-hydrogen) atoms. The first kappa shape index (κ1) is 12.7. The summed E-state index contributed by atoms with van der Waals surface area (Å²) in [5.41, 5.74) is 0.821. The largest absolute Gasteiger partial charge is 0.493 e. The number of para-hydroxylation sites is 1.